The first-order chi connectivity index (χ1) is 20.4. The quantitative estimate of drug-likeness (QED) is 0.271. The maximum atomic E-state index is 14.5. The Morgan fingerprint density at radius 1 is 1.21 bits per heavy atom. The lowest BCUT2D eigenvalue weighted by Gasteiger charge is -2.37. The first-order valence-electron chi connectivity index (χ1n) is 13.5. The van der Waals surface area contributed by atoms with E-state index >= 15 is 0 Å². The molecular weight excluding hydrogens is 585 g/mol. The van der Waals surface area contributed by atoms with Crippen molar-refractivity contribution in [3.8, 4) is 0 Å². The first kappa shape index (κ1) is 28.2. The number of nitrogens with one attached hydrogen (secondary N) is 3. The number of fused-ring (bicyclic) bond motifs is 2. The van der Waals surface area contributed by atoms with Gasteiger partial charge >= 0.3 is 5.97 Å². The lowest BCUT2D eigenvalue weighted by molar-refractivity contribution is -0.126. The van der Waals surface area contributed by atoms with Crippen LogP contribution in [0.15, 0.2) is 42.5 Å². The second kappa shape index (κ2) is 11.8. The van der Waals surface area contributed by atoms with Crippen molar-refractivity contribution in [2.24, 2.45) is 0 Å². The number of ether oxygens (including phenoxy) is 1. The molecule has 6 rings (SSSR count). The van der Waals surface area contributed by atoms with E-state index in [2.05, 4.69) is 30.2 Å². The molecule has 1 fully saturated rings. The molecule has 4 heterocycles. The Balaban J connectivity index is 1.51. The number of rotatable bonds is 7. The summed E-state index contributed by atoms with van der Waals surface area (Å²) in [5.74, 6) is -2.43. The van der Waals surface area contributed by atoms with Gasteiger partial charge in [-0.05, 0) is 42.7 Å². The van der Waals surface area contributed by atoms with Gasteiger partial charge in [0.1, 0.15) is 17.6 Å². The third-order valence-electron chi connectivity index (χ3n) is 7.31. The van der Waals surface area contributed by atoms with Crippen LogP contribution in [0.25, 0.3) is 10.1 Å². The molecule has 42 heavy (non-hydrogen) atoms. The topological polar surface area (TPSA) is 130 Å². The van der Waals surface area contributed by atoms with Crippen LogP contribution in [0.3, 0.4) is 0 Å². The Hall–Kier alpha value is -3.91. The molecule has 218 valence electrons. The molecule has 3 N–H and O–H groups in total. The summed E-state index contributed by atoms with van der Waals surface area (Å²) in [6, 6.07) is 9.21. The molecule has 0 spiro atoms. The van der Waals surface area contributed by atoms with Crippen LogP contribution in [-0.2, 0) is 9.53 Å². The van der Waals surface area contributed by atoms with Crippen molar-refractivity contribution >= 4 is 56.8 Å². The number of halogens is 2. The minimum atomic E-state index is -1.03. The Morgan fingerprint density at radius 2 is 2.00 bits per heavy atom. The lowest BCUT2D eigenvalue weighted by atomic mass is 9.98. The minimum Gasteiger partial charge on any atom is -0.460 e. The summed E-state index contributed by atoms with van der Waals surface area (Å²) in [7, 11) is 0. The van der Waals surface area contributed by atoms with E-state index in [0.717, 1.165) is 17.8 Å². The second-order valence-corrected chi connectivity index (χ2v) is 11.1. The van der Waals surface area contributed by atoms with Crippen molar-refractivity contribution in [1.82, 2.24) is 29.5 Å². The highest BCUT2D eigenvalue weighted by molar-refractivity contribution is 7.13. The number of esters is 1. The molecule has 2 aliphatic heterocycles. The van der Waals surface area contributed by atoms with E-state index in [-0.39, 0.29) is 46.8 Å². The third kappa shape index (κ3) is 5.24. The highest BCUT2D eigenvalue weighted by Gasteiger charge is 2.42. The summed E-state index contributed by atoms with van der Waals surface area (Å²) >= 11 is 7.69. The highest BCUT2D eigenvalue weighted by atomic mass is 35.5. The van der Waals surface area contributed by atoms with E-state index in [1.165, 1.54) is 34.3 Å². The molecule has 1 unspecified atom stereocenters. The van der Waals surface area contributed by atoms with Crippen molar-refractivity contribution in [1.29, 1.82) is 0 Å². The number of nitrogens with zero attached hydrogens (tertiary/aromatic N) is 4. The van der Waals surface area contributed by atoms with E-state index in [1.807, 2.05) is 18.2 Å². The van der Waals surface area contributed by atoms with Gasteiger partial charge in [0.25, 0.3) is 5.91 Å². The zero-order valence-corrected chi connectivity index (χ0v) is 24.1. The van der Waals surface area contributed by atoms with Crippen molar-refractivity contribution in [2.75, 3.05) is 44.6 Å². The predicted molar refractivity (Wildman–Crippen MR) is 155 cm³/mol. The molecular formula is C28H27ClFN7O4S. The smallest absolute Gasteiger partial charge is 0.374 e. The summed E-state index contributed by atoms with van der Waals surface area (Å²) in [6.45, 7) is 4.90. The predicted octanol–water partition coefficient (Wildman–Crippen LogP) is 3.38. The number of amides is 2. The fourth-order valence-corrected chi connectivity index (χ4v) is 6.37. The summed E-state index contributed by atoms with van der Waals surface area (Å²) in [4.78, 5) is 47.2. The number of piperazine rings is 1. The Morgan fingerprint density at radius 3 is 2.79 bits per heavy atom. The molecule has 2 aliphatic rings. The maximum absolute atomic E-state index is 14.5. The molecule has 2 amide bonds. The van der Waals surface area contributed by atoms with Gasteiger partial charge in [0.15, 0.2) is 5.82 Å². The van der Waals surface area contributed by atoms with Gasteiger partial charge < -0.3 is 25.3 Å². The molecule has 4 aromatic rings. The van der Waals surface area contributed by atoms with Crippen LogP contribution in [0, 0.1) is 5.82 Å². The third-order valence-corrected chi connectivity index (χ3v) is 8.49. The molecule has 0 bridgehead atoms. The zero-order valence-electron chi connectivity index (χ0n) is 22.5. The van der Waals surface area contributed by atoms with Gasteiger partial charge in [-0.2, -0.15) is 4.37 Å². The maximum Gasteiger partial charge on any atom is 0.374 e. The Labute approximate surface area is 249 Å². The van der Waals surface area contributed by atoms with E-state index in [9.17, 15) is 18.8 Å². The number of hydrogen-bond acceptors (Lipinski definition) is 9. The normalized spacial score (nSPS) is 18.9. The molecule has 14 heteroatoms. The Kier molecular flexibility index (Phi) is 7.90. The molecule has 2 aromatic carbocycles. The molecule has 0 aliphatic carbocycles. The second-order valence-electron chi connectivity index (χ2n) is 9.92. The largest absolute Gasteiger partial charge is 0.460 e. The number of carbonyl (C=O) groups is 3. The van der Waals surface area contributed by atoms with Crippen LogP contribution in [0.2, 0.25) is 5.02 Å². The van der Waals surface area contributed by atoms with E-state index in [0.29, 0.717) is 18.5 Å². The number of imidazole rings is 1. The monoisotopic (exact) mass is 611 g/mol. The van der Waals surface area contributed by atoms with Gasteiger partial charge in [0.05, 0.1) is 23.0 Å². The standard InChI is InChI=1S/C28H27ClFN7O4S/c1-2-41-28(40)25-33-24(34-27(39)22-16-5-3-4-6-20(16)42-35-22)23-21(17-13-15(30)7-8-18(17)29)32-26(38)19(37(23)25)14-36-11-9-31-10-12-36/h3-8,13,19,21,31H,2,9-12,14H2,1H3,(H,32,38)(H,34,39)/t19?,21-/m0/s1. The first-order valence-corrected chi connectivity index (χ1v) is 14.6. The van der Waals surface area contributed by atoms with Crippen LogP contribution >= 0.6 is 23.1 Å². The summed E-state index contributed by atoms with van der Waals surface area (Å²) in [5.41, 5.74) is 0.711. The van der Waals surface area contributed by atoms with Gasteiger partial charge in [-0.25, -0.2) is 14.2 Å². The van der Waals surface area contributed by atoms with Crippen molar-refractivity contribution < 1.29 is 23.5 Å². The van der Waals surface area contributed by atoms with Gasteiger partial charge in [-0.1, -0.05) is 29.8 Å². The van der Waals surface area contributed by atoms with Crippen molar-refractivity contribution in [3.63, 3.8) is 0 Å². The fraction of sp³-hybridized carbons (Fsp3) is 0.321. The molecule has 0 radical (unpaired) electrons. The van der Waals surface area contributed by atoms with Crippen LogP contribution in [0.5, 0.6) is 0 Å². The van der Waals surface area contributed by atoms with Gasteiger partial charge in [0.2, 0.25) is 11.7 Å². The van der Waals surface area contributed by atoms with Crippen LogP contribution in [0.4, 0.5) is 10.2 Å². The number of aromatic nitrogens is 3. The van der Waals surface area contributed by atoms with Crippen LogP contribution in [0.1, 0.15) is 51.4 Å². The minimum absolute atomic E-state index is 0.00997. The number of anilines is 1. The number of carbonyl (C=O) groups excluding carboxylic acids is 3. The van der Waals surface area contributed by atoms with Gasteiger partial charge in [-0.3, -0.25) is 14.5 Å². The average molecular weight is 612 g/mol. The van der Waals surface area contributed by atoms with Gasteiger partial charge in [-0.15, -0.1) is 0 Å². The molecule has 0 saturated carbocycles. The highest BCUT2D eigenvalue weighted by Crippen LogP contribution is 2.39. The Bertz CT molecular complexity index is 1690. The molecule has 1 saturated heterocycles. The lowest BCUT2D eigenvalue weighted by Crippen LogP contribution is -2.51. The SMILES string of the molecule is CCOC(=O)c1nc(NC(=O)c2nsc3ccccc23)c2n1C(CN1CCNCC1)C(=O)N[C@H]2c1cc(F)ccc1Cl. The summed E-state index contributed by atoms with van der Waals surface area (Å²) < 4.78 is 26.5. The van der Waals surface area contributed by atoms with E-state index in [4.69, 9.17) is 16.3 Å². The number of hydrogen-bond donors (Lipinski definition) is 3. The molecule has 2 aromatic heterocycles. The van der Waals surface area contributed by atoms with Crippen molar-refractivity contribution in [2.45, 2.75) is 19.0 Å². The zero-order chi connectivity index (χ0) is 29.4. The summed E-state index contributed by atoms with van der Waals surface area (Å²) in [6.07, 6.45) is 0. The van der Waals surface area contributed by atoms with Crippen molar-refractivity contribution in [3.05, 3.63) is 76.1 Å². The van der Waals surface area contributed by atoms with E-state index in [1.54, 1.807) is 13.0 Å². The summed E-state index contributed by atoms with van der Waals surface area (Å²) in [5, 5.41) is 9.89. The fourth-order valence-electron chi connectivity index (χ4n) is 5.37. The van der Waals surface area contributed by atoms with Crippen LogP contribution < -0.4 is 16.0 Å². The number of benzene rings is 2. The van der Waals surface area contributed by atoms with Crippen LogP contribution in [-0.4, -0.2) is 75.9 Å². The van der Waals surface area contributed by atoms with Gasteiger partial charge in [0, 0.05) is 48.7 Å². The molecule has 11 nitrogen and oxygen atoms in total. The molecule has 2 atom stereocenters. The average Bonchev–Trinajstić information content (AvgIpc) is 3.59. The van der Waals surface area contributed by atoms with E-state index < -0.39 is 35.7 Å².